The lowest BCUT2D eigenvalue weighted by atomic mass is 9.98. The van der Waals surface area contributed by atoms with E-state index in [9.17, 15) is 4.79 Å². The van der Waals surface area contributed by atoms with Gasteiger partial charge in [0.15, 0.2) is 0 Å². The van der Waals surface area contributed by atoms with Crippen LogP contribution < -0.4 is 5.48 Å². The van der Waals surface area contributed by atoms with Crippen LogP contribution in [0.4, 0.5) is 0 Å². The maximum Gasteiger partial charge on any atom is 0.275 e. The topological polar surface area (TPSA) is 49.3 Å². The van der Waals surface area contributed by atoms with Crippen molar-refractivity contribution in [1.82, 2.24) is 5.48 Å². The third-order valence-corrected chi connectivity index (χ3v) is 3.34. The minimum atomic E-state index is -0.504. The number of halogens is 1. The fourth-order valence-corrected chi connectivity index (χ4v) is 2.14. The van der Waals surface area contributed by atoms with Gasteiger partial charge in [-0.3, -0.25) is 10.0 Å². The molecule has 2 rings (SSSR count). The molecule has 0 aliphatic carbocycles. The molecule has 0 heterocycles. The van der Waals surface area contributed by atoms with Crippen LogP contribution in [-0.2, 0) is 5.33 Å². The van der Waals surface area contributed by atoms with Crippen molar-refractivity contribution in [3.05, 3.63) is 59.7 Å². The zero-order valence-corrected chi connectivity index (χ0v) is 11.1. The van der Waals surface area contributed by atoms with Gasteiger partial charge in [-0.25, -0.2) is 5.48 Å². The molecule has 2 aromatic carbocycles. The molecule has 0 saturated carbocycles. The predicted molar refractivity (Wildman–Crippen MR) is 73.8 cm³/mol. The average Bonchev–Trinajstić information content (AvgIpc) is 2.46. The van der Waals surface area contributed by atoms with E-state index in [0.717, 1.165) is 16.5 Å². The maximum atomic E-state index is 11.6. The first-order valence-electron chi connectivity index (χ1n) is 5.45. The number of alkyl halides is 1. The number of hydrogen-bond acceptors (Lipinski definition) is 2. The summed E-state index contributed by atoms with van der Waals surface area (Å²) in [6, 6.07) is 15.1. The van der Waals surface area contributed by atoms with E-state index >= 15 is 0 Å². The van der Waals surface area contributed by atoms with Gasteiger partial charge in [-0.15, -0.1) is 0 Å². The molecule has 4 heteroatoms. The van der Waals surface area contributed by atoms with Crippen LogP contribution in [0.3, 0.4) is 0 Å². The van der Waals surface area contributed by atoms with E-state index in [-0.39, 0.29) is 0 Å². The molecule has 2 N–H and O–H groups in total. The second-order valence-corrected chi connectivity index (χ2v) is 4.38. The summed E-state index contributed by atoms with van der Waals surface area (Å²) >= 11 is 3.39. The van der Waals surface area contributed by atoms with E-state index in [1.807, 2.05) is 36.4 Å². The average molecular weight is 306 g/mol. The summed E-state index contributed by atoms with van der Waals surface area (Å²) in [5.74, 6) is -0.504. The van der Waals surface area contributed by atoms with E-state index in [0.29, 0.717) is 5.56 Å². The minimum Gasteiger partial charge on any atom is -0.288 e. The molecule has 1 amide bonds. The van der Waals surface area contributed by atoms with Crippen molar-refractivity contribution in [2.45, 2.75) is 5.33 Å². The van der Waals surface area contributed by atoms with Crippen LogP contribution in [0.2, 0.25) is 0 Å². The molecule has 18 heavy (non-hydrogen) atoms. The summed E-state index contributed by atoms with van der Waals surface area (Å²) in [7, 11) is 0. The van der Waals surface area contributed by atoms with Gasteiger partial charge in [0.05, 0.1) is 0 Å². The molecule has 92 valence electrons. The molecule has 2 aromatic rings. The van der Waals surface area contributed by atoms with Gasteiger partial charge >= 0.3 is 0 Å². The first-order chi connectivity index (χ1) is 8.76. The number of benzene rings is 2. The lowest BCUT2D eigenvalue weighted by Gasteiger charge is -2.08. The van der Waals surface area contributed by atoms with E-state index in [2.05, 4.69) is 15.9 Å². The number of nitrogens with one attached hydrogen (secondary N) is 1. The Balaban J connectivity index is 2.46. The highest BCUT2D eigenvalue weighted by Crippen LogP contribution is 2.24. The van der Waals surface area contributed by atoms with Gasteiger partial charge in [0.2, 0.25) is 0 Å². The quantitative estimate of drug-likeness (QED) is 0.519. The van der Waals surface area contributed by atoms with Crippen molar-refractivity contribution in [3.8, 4) is 11.1 Å². The zero-order chi connectivity index (χ0) is 13.0. The van der Waals surface area contributed by atoms with Crippen molar-refractivity contribution < 1.29 is 10.0 Å². The van der Waals surface area contributed by atoms with Gasteiger partial charge in [-0.1, -0.05) is 58.4 Å². The fraction of sp³-hybridized carbons (Fsp3) is 0.0714. The van der Waals surface area contributed by atoms with Crippen LogP contribution in [0, 0.1) is 0 Å². The Hall–Kier alpha value is -1.65. The van der Waals surface area contributed by atoms with Gasteiger partial charge in [0.1, 0.15) is 0 Å². The van der Waals surface area contributed by atoms with Crippen molar-refractivity contribution in [2.75, 3.05) is 0 Å². The molecule has 0 spiro atoms. The number of carbonyl (C=O) groups excluding carboxylic acids is 1. The lowest BCUT2D eigenvalue weighted by molar-refractivity contribution is 0.0707. The SMILES string of the molecule is O=C(NO)c1ccccc1-c1ccc(CBr)cc1. The fourth-order valence-electron chi connectivity index (χ4n) is 1.77. The van der Waals surface area contributed by atoms with Crippen LogP contribution in [-0.4, -0.2) is 11.1 Å². The molecule has 3 nitrogen and oxygen atoms in total. The largest absolute Gasteiger partial charge is 0.288 e. The van der Waals surface area contributed by atoms with Crippen molar-refractivity contribution in [3.63, 3.8) is 0 Å². The highest BCUT2D eigenvalue weighted by Gasteiger charge is 2.11. The predicted octanol–water partition coefficient (Wildman–Crippen LogP) is 3.37. The summed E-state index contributed by atoms with van der Waals surface area (Å²) in [6.45, 7) is 0. The monoisotopic (exact) mass is 305 g/mol. The van der Waals surface area contributed by atoms with E-state index < -0.39 is 5.91 Å². The first kappa shape index (κ1) is 12.8. The van der Waals surface area contributed by atoms with Gasteiger partial charge in [0, 0.05) is 10.9 Å². The smallest absolute Gasteiger partial charge is 0.275 e. The highest BCUT2D eigenvalue weighted by atomic mass is 79.9. The van der Waals surface area contributed by atoms with Crippen LogP contribution in [0.25, 0.3) is 11.1 Å². The van der Waals surface area contributed by atoms with Crippen LogP contribution in [0.5, 0.6) is 0 Å². The molecule has 0 aromatic heterocycles. The first-order valence-corrected chi connectivity index (χ1v) is 6.57. The minimum absolute atomic E-state index is 0.451. The molecule has 0 saturated heterocycles. The standard InChI is InChI=1S/C14H12BrNO2/c15-9-10-5-7-11(8-6-10)12-3-1-2-4-13(12)14(17)16-18/h1-8,18H,9H2,(H,16,17). The summed E-state index contributed by atoms with van der Waals surface area (Å²) < 4.78 is 0. The molecular weight excluding hydrogens is 294 g/mol. The summed E-state index contributed by atoms with van der Waals surface area (Å²) in [4.78, 5) is 11.6. The molecule has 0 radical (unpaired) electrons. The Morgan fingerprint density at radius 3 is 2.39 bits per heavy atom. The van der Waals surface area contributed by atoms with Crippen LogP contribution in [0.15, 0.2) is 48.5 Å². The molecule has 0 bridgehead atoms. The van der Waals surface area contributed by atoms with Crippen LogP contribution in [0.1, 0.15) is 15.9 Å². The van der Waals surface area contributed by atoms with Gasteiger partial charge in [0.25, 0.3) is 5.91 Å². The van der Waals surface area contributed by atoms with Gasteiger partial charge in [-0.05, 0) is 22.8 Å². The van der Waals surface area contributed by atoms with E-state index in [1.165, 1.54) is 5.56 Å². The second-order valence-electron chi connectivity index (χ2n) is 3.82. The highest BCUT2D eigenvalue weighted by molar-refractivity contribution is 9.08. The molecule has 0 unspecified atom stereocenters. The molecule has 0 fully saturated rings. The summed E-state index contributed by atoms with van der Waals surface area (Å²) in [5.41, 5.74) is 5.03. The third kappa shape index (κ3) is 2.60. The molecule has 0 aliphatic rings. The van der Waals surface area contributed by atoms with Crippen molar-refractivity contribution in [1.29, 1.82) is 0 Å². The number of rotatable bonds is 3. The number of amides is 1. The van der Waals surface area contributed by atoms with Crippen molar-refractivity contribution >= 4 is 21.8 Å². The zero-order valence-electron chi connectivity index (χ0n) is 9.56. The van der Waals surface area contributed by atoms with E-state index in [1.54, 1.807) is 17.6 Å². The summed E-state index contributed by atoms with van der Waals surface area (Å²) in [5, 5.41) is 9.53. The van der Waals surface area contributed by atoms with E-state index in [4.69, 9.17) is 5.21 Å². The maximum absolute atomic E-state index is 11.6. The Morgan fingerprint density at radius 2 is 1.78 bits per heavy atom. The van der Waals surface area contributed by atoms with Gasteiger partial charge in [-0.2, -0.15) is 0 Å². The summed E-state index contributed by atoms with van der Waals surface area (Å²) in [6.07, 6.45) is 0. The normalized spacial score (nSPS) is 10.1. The second kappa shape index (κ2) is 5.80. The Bertz CT molecular complexity index is 552. The lowest BCUT2D eigenvalue weighted by Crippen LogP contribution is -2.19. The Labute approximate surface area is 114 Å². The molecule has 0 atom stereocenters. The van der Waals surface area contributed by atoms with Crippen molar-refractivity contribution in [2.24, 2.45) is 0 Å². The molecule has 0 aliphatic heterocycles. The van der Waals surface area contributed by atoms with Crippen LogP contribution >= 0.6 is 15.9 Å². The number of carbonyl (C=O) groups is 1. The number of hydrogen-bond donors (Lipinski definition) is 2. The third-order valence-electron chi connectivity index (χ3n) is 2.69. The molecular formula is C14H12BrNO2. The Kier molecular flexibility index (Phi) is 4.12. The Morgan fingerprint density at radius 1 is 1.11 bits per heavy atom. The number of hydroxylamine groups is 1. The van der Waals surface area contributed by atoms with Gasteiger partial charge < -0.3 is 0 Å².